The number of carbonyl (C=O) groups excluding carboxylic acids is 1. The van der Waals surface area contributed by atoms with Crippen molar-refractivity contribution in [2.45, 2.75) is 18.6 Å². The fraction of sp³-hybridized carbons (Fsp3) is 0.360. The lowest BCUT2D eigenvalue weighted by atomic mass is 10.1. The Morgan fingerprint density at radius 1 is 1.25 bits per heavy atom. The molecule has 7 heteroatoms. The summed E-state index contributed by atoms with van der Waals surface area (Å²) in [4.78, 5) is 21.3. The van der Waals surface area contributed by atoms with Gasteiger partial charge in [0, 0.05) is 51.0 Å². The number of nitrogens with zero attached hydrogens (tertiary/aromatic N) is 3. The van der Waals surface area contributed by atoms with Gasteiger partial charge in [0.15, 0.2) is 6.61 Å². The predicted octanol–water partition coefficient (Wildman–Crippen LogP) is 2.60. The van der Waals surface area contributed by atoms with E-state index in [9.17, 15) is 9.90 Å². The number of nitrogens with one attached hydrogen (secondary N) is 1. The zero-order chi connectivity index (χ0) is 22.5. The number of pyridine rings is 1. The number of aliphatic hydroxyl groups is 1. The Morgan fingerprint density at radius 3 is 2.78 bits per heavy atom. The minimum atomic E-state index is -0.295. The van der Waals surface area contributed by atoms with E-state index >= 15 is 0 Å². The molecule has 0 radical (unpaired) electrons. The van der Waals surface area contributed by atoms with Crippen molar-refractivity contribution in [1.29, 1.82) is 0 Å². The summed E-state index contributed by atoms with van der Waals surface area (Å²) in [7, 11) is 3.99. The summed E-state index contributed by atoms with van der Waals surface area (Å²) in [5.74, 6) is 0.240. The summed E-state index contributed by atoms with van der Waals surface area (Å²) in [6, 6.07) is 17.7. The fourth-order valence-corrected chi connectivity index (χ4v) is 4.06. The van der Waals surface area contributed by atoms with E-state index in [2.05, 4.69) is 21.3 Å². The van der Waals surface area contributed by atoms with Crippen molar-refractivity contribution in [3.63, 3.8) is 0 Å². The Morgan fingerprint density at radius 2 is 2.06 bits per heavy atom. The van der Waals surface area contributed by atoms with Gasteiger partial charge >= 0.3 is 0 Å². The van der Waals surface area contributed by atoms with Crippen LogP contribution in [0.15, 0.2) is 60.8 Å². The van der Waals surface area contributed by atoms with E-state index in [0.717, 1.165) is 35.0 Å². The number of β-amino-alcohol motifs (C(OH)–C–C–N with tert-alkyl or cyclic N) is 1. The monoisotopic (exact) mass is 434 g/mol. The van der Waals surface area contributed by atoms with Gasteiger partial charge in [-0.25, -0.2) is 4.98 Å². The smallest absolute Gasteiger partial charge is 0.258 e. The van der Waals surface area contributed by atoms with Gasteiger partial charge in [-0.15, -0.1) is 0 Å². The number of fused-ring (bicyclic) bond motifs is 1. The summed E-state index contributed by atoms with van der Waals surface area (Å²) < 4.78 is 5.81. The standard InChI is InChI=1S/C25H30N4O3/c1-28(2)20-8-9-22-19(14-20)10-12-26-25(22)32-17-24(31)27-23(18-6-4-3-5-7-18)16-29-13-11-21(30)15-29/h3-10,12,14,21,23,30H,11,13,15-17H2,1-2H3,(H,27,31)/t21-,23+/m0/s1. The number of rotatable bonds is 8. The molecular formula is C25H30N4O3. The molecule has 1 fully saturated rings. The number of anilines is 1. The van der Waals surface area contributed by atoms with Gasteiger partial charge < -0.3 is 20.1 Å². The van der Waals surface area contributed by atoms with Crippen molar-refractivity contribution >= 4 is 22.4 Å². The molecule has 0 unspecified atom stereocenters. The van der Waals surface area contributed by atoms with Crippen LogP contribution in [-0.2, 0) is 4.79 Å². The predicted molar refractivity (Wildman–Crippen MR) is 126 cm³/mol. The number of carbonyl (C=O) groups is 1. The van der Waals surface area contributed by atoms with Gasteiger partial charge in [0.05, 0.1) is 12.1 Å². The average Bonchev–Trinajstić information content (AvgIpc) is 3.21. The van der Waals surface area contributed by atoms with Gasteiger partial charge in [0.1, 0.15) is 0 Å². The van der Waals surface area contributed by atoms with E-state index in [1.54, 1.807) is 6.20 Å². The first kappa shape index (κ1) is 22.0. The highest BCUT2D eigenvalue weighted by Gasteiger charge is 2.25. The second kappa shape index (κ2) is 9.97. The van der Waals surface area contributed by atoms with E-state index in [1.165, 1.54) is 0 Å². The Kier molecular flexibility index (Phi) is 6.87. The van der Waals surface area contributed by atoms with Crippen LogP contribution < -0.4 is 15.0 Å². The van der Waals surface area contributed by atoms with Gasteiger partial charge in [0.25, 0.3) is 5.91 Å². The molecule has 1 aliphatic rings. The first-order valence-electron chi connectivity index (χ1n) is 10.9. The molecule has 2 heterocycles. The molecule has 168 valence electrons. The fourth-order valence-electron chi connectivity index (χ4n) is 4.06. The highest BCUT2D eigenvalue weighted by Crippen LogP contribution is 2.27. The zero-order valence-corrected chi connectivity index (χ0v) is 18.6. The number of benzene rings is 2. The lowest BCUT2D eigenvalue weighted by molar-refractivity contribution is -0.124. The molecule has 1 saturated heterocycles. The van der Waals surface area contributed by atoms with Crippen molar-refractivity contribution in [1.82, 2.24) is 15.2 Å². The molecule has 1 aliphatic heterocycles. The molecule has 0 spiro atoms. The Hall–Kier alpha value is -3.16. The number of hydrogen-bond donors (Lipinski definition) is 2. The van der Waals surface area contributed by atoms with Gasteiger partial charge in [0.2, 0.25) is 5.88 Å². The molecule has 2 aromatic carbocycles. The van der Waals surface area contributed by atoms with Crippen LogP contribution in [0.3, 0.4) is 0 Å². The number of ether oxygens (including phenoxy) is 1. The van der Waals surface area contributed by atoms with Crippen LogP contribution in [-0.4, -0.2) is 67.3 Å². The topological polar surface area (TPSA) is 77.9 Å². The second-order valence-corrected chi connectivity index (χ2v) is 8.44. The first-order chi connectivity index (χ1) is 15.5. The summed E-state index contributed by atoms with van der Waals surface area (Å²) in [6.07, 6.45) is 2.16. The quantitative estimate of drug-likeness (QED) is 0.568. The SMILES string of the molecule is CN(C)c1ccc2c(OCC(=O)N[C@H](CN3CC[C@H](O)C3)c3ccccc3)nccc2c1. The van der Waals surface area contributed by atoms with Crippen molar-refractivity contribution in [2.75, 3.05) is 45.2 Å². The van der Waals surface area contributed by atoms with E-state index in [-0.39, 0.29) is 24.7 Å². The molecule has 32 heavy (non-hydrogen) atoms. The highest BCUT2D eigenvalue weighted by molar-refractivity contribution is 5.90. The maximum atomic E-state index is 12.8. The normalized spacial score (nSPS) is 17.3. The first-order valence-corrected chi connectivity index (χ1v) is 10.9. The van der Waals surface area contributed by atoms with Crippen molar-refractivity contribution in [2.24, 2.45) is 0 Å². The zero-order valence-electron chi connectivity index (χ0n) is 18.6. The minimum Gasteiger partial charge on any atom is -0.467 e. The number of likely N-dealkylation sites (tertiary alicyclic amines) is 1. The number of amides is 1. The third-order valence-electron chi connectivity index (χ3n) is 5.79. The number of aliphatic hydroxyl groups excluding tert-OH is 1. The average molecular weight is 435 g/mol. The molecular weight excluding hydrogens is 404 g/mol. The van der Waals surface area contributed by atoms with Crippen LogP contribution in [0.1, 0.15) is 18.0 Å². The molecule has 0 saturated carbocycles. The second-order valence-electron chi connectivity index (χ2n) is 8.44. The molecule has 1 aromatic heterocycles. The Bertz CT molecular complexity index is 1060. The highest BCUT2D eigenvalue weighted by atomic mass is 16.5. The Balaban J connectivity index is 1.43. The van der Waals surface area contributed by atoms with Crippen molar-refractivity contribution in [3.05, 3.63) is 66.4 Å². The van der Waals surface area contributed by atoms with Crippen LogP contribution in [0.5, 0.6) is 5.88 Å². The van der Waals surface area contributed by atoms with Crippen LogP contribution >= 0.6 is 0 Å². The van der Waals surface area contributed by atoms with Crippen LogP contribution in [0.4, 0.5) is 5.69 Å². The van der Waals surface area contributed by atoms with Gasteiger partial charge in [-0.05, 0) is 41.6 Å². The molecule has 2 N–H and O–H groups in total. The van der Waals surface area contributed by atoms with Crippen molar-refractivity contribution in [3.8, 4) is 5.88 Å². The molecule has 2 atom stereocenters. The molecule has 4 rings (SSSR count). The van der Waals surface area contributed by atoms with Crippen LogP contribution in [0.25, 0.3) is 10.8 Å². The molecule has 1 amide bonds. The molecule has 0 bridgehead atoms. The summed E-state index contributed by atoms with van der Waals surface area (Å²) in [5.41, 5.74) is 2.12. The number of aromatic nitrogens is 1. The summed E-state index contributed by atoms with van der Waals surface area (Å²) >= 11 is 0. The molecule has 3 aromatic rings. The van der Waals surface area contributed by atoms with E-state index in [1.807, 2.05) is 67.5 Å². The van der Waals surface area contributed by atoms with E-state index in [4.69, 9.17) is 4.74 Å². The number of hydrogen-bond acceptors (Lipinski definition) is 6. The van der Waals surface area contributed by atoms with Gasteiger partial charge in [-0.2, -0.15) is 0 Å². The maximum absolute atomic E-state index is 12.8. The minimum absolute atomic E-state index is 0.118. The summed E-state index contributed by atoms with van der Waals surface area (Å²) in [5, 5.41) is 14.8. The van der Waals surface area contributed by atoms with Crippen molar-refractivity contribution < 1.29 is 14.6 Å². The third-order valence-corrected chi connectivity index (χ3v) is 5.79. The largest absolute Gasteiger partial charge is 0.467 e. The lowest BCUT2D eigenvalue weighted by Gasteiger charge is -2.25. The summed E-state index contributed by atoms with van der Waals surface area (Å²) in [6.45, 7) is 1.98. The Labute approximate surface area is 188 Å². The maximum Gasteiger partial charge on any atom is 0.258 e. The lowest BCUT2D eigenvalue weighted by Crippen LogP contribution is -2.39. The third kappa shape index (κ3) is 5.36. The van der Waals surface area contributed by atoms with Gasteiger partial charge in [-0.3, -0.25) is 9.69 Å². The van der Waals surface area contributed by atoms with Gasteiger partial charge in [-0.1, -0.05) is 30.3 Å². The van der Waals surface area contributed by atoms with Crippen LogP contribution in [0, 0.1) is 0 Å². The van der Waals surface area contributed by atoms with E-state index < -0.39 is 0 Å². The van der Waals surface area contributed by atoms with Crippen LogP contribution in [0.2, 0.25) is 0 Å². The molecule has 0 aliphatic carbocycles. The van der Waals surface area contributed by atoms with E-state index in [0.29, 0.717) is 19.0 Å². The molecule has 7 nitrogen and oxygen atoms in total.